The van der Waals surface area contributed by atoms with Crippen molar-refractivity contribution in [2.45, 2.75) is 39.3 Å². The van der Waals surface area contributed by atoms with Crippen LogP contribution in [0.5, 0.6) is 0 Å². The van der Waals surface area contributed by atoms with Gasteiger partial charge in [0, 0.05) is 51.1 Å². The van der Waals surface area contributed by atoms with Crippen molar-refractivity contribution in [2.24, 2.45) is 0 Å². The highest BCUT2D eigenvalue weighted by atomic mass is 32.2. The third-order valence-electron chi connectivity index (χ3n) is 7.02. The fourth-order valence-electron chi connectivity index (χ4n) is 4.98. The molecule has 2 aliphatic heterocycles. The van der Waals surface area contributed by atoms with E-state index in [1.165, 1.54) is 0 Å². The Balaban J connectivity index is 1.60. The van der Waals surface area contributed by atoms with E-state index in [1.807, 2.05) is 19.1 Å². The Morgan fingerprint density at radius 3 is 2.32 bits per heavy atom. The van der Waals surface area contributed by atoms with Crippen molar-refractivity contribution in [2.75, 3.05) is 49.3 Å². The molecule has 2 fully saturated rings. The number of rotatable bonds is 7. The van der Waals surface area contributed by atoms with Crippen molar-refractivity contribution in [1.29, 1.82) is 0 Å². The van der Waals surface area contributed by atoms with Crippen molar-refractivity contribution in [3.8, 4) is 11.1 Å². The molecule has 184 valence electrons. The summed E-state index contributed by atoms with van der Waals surface area (Å²) in [4.78, 5) is 16.6. The molecule has 0 atom stereocenters. The number of anilines is 1. The van der Waals surface area contributed by atoms with Crippen LogP contribution in [0.15, 0.2) is 36.4 Å². The molecule has 0 aliphatic carbocycles. The molecule has 1 N–H and O–H groups in total. The second-order valence-corrected chi connectivity index (χ2v) is 11.5. The monoisotopic (exact) mass is 486 g/mol. The van der Waals surface area contributed by atoms with Crippen LogP contribution < -0.4 is 4.90 Å². The van der Waals surface area contributed by atoms with E-state index in [9.17, 15) is 18.3 Å². The number of carbonyl (C=O) groups is 1. The van der Waals surface area contributed by atoms with Crippen molar-refractivity contribution >= 4 is 21.5 Å². The molecule has 2 saturated heterocycles. The summed E-state index contributed by atoms with van der Waals surface area (Å²) in [5.74, 6) is -0.479. The average Bonchev–Trinajstić information content (AvgIpc) is 2.83. The quantitative estimate of drug-likeness (QED) is 0.640. The number of nitrogens with zero attached hydrogens (tertiary/aromatic N) is 2. The Labute approximate surface area is 202 Å². The maximum absolute atomic E-state index is 12.1. The van der Waals surface area contributed by atoms with E-state index in [2.05, 4.69) is 34.9 Å². The molecular weight excluding hydrogens is 452 g/mol. The van der Waals surface area contributed by atoms with E-state index in [1.54, 1.807) is 6.07 Å². The normalized spacial score (nSPS) is 19.1. The molecule has 7 nitrogen and oxygen atoms in total. The highest BCUT2D eigenvalue weighted by Crippen LogP contribution is 2.34. The van der Waals surface area contributed by atoms with Gasteiger partial charge in [0.1, 0.15) is 0 Å². The van der Waals surface area contributed by atoms with Crippen molar-refractivity contribution in [3.05, 3.63) is 53.1 Å². The van der Waals surface area contributed by atoms with Crippen molar-refractivity contribution in [3.63, 3.8) is 0 Å². The summed E-state index contributed by atoms with van der Waals surface area (Å²) in [6.07, 6.45) is 1.87. The number of hydrogen-bond acceptors (Lipinski definition) is 6. The molecule has 0 bridgehead atoms. The van der Waals surface area contributed by atoms with Crippen LogP contribution in [0.1, 0.15) is 41.3 Å². The molecule has 2 aromatic rings. The predicted molar refractivity (Wildman–Crippen MR) is 134 cm³/mol. The molecule has 8 heteroatoms. The van der Waals surface area contributed by atoms with Gasteiger partial charge in [0.25, 0.3) is 0 Å². The summed E-state index contributed by atoms with van der Waals surface area (Å²) < 4.78 is 28.9. The molecule has 0 aromatic heterocycles. The molecule has 0 amide bonds. The molecule has 2 aromatic carbocycles. The lowest BCUT2D eigenvalue weighted by atomic mass is 9.95. The van der Waals surface area contributed by atoms with Crippen LogP contribution in [0.25, 0.3) is 11.1 Å². The van der Waals surface area contributed by atoms with E-state index >= 15 is 0 Å². The van der Waals surface area contributed by atoms with Gasteiger partial charge in [-0.3, -0.25) is 4.90 Å². The van der Waals surface area contributed by atoms with Crippen LogP contribution in [0, 0.1) is 6.92 Å². The van der Waals surface area contributed by atoms with Gasteiger partial charge in [-0.2, -0.15) is 0 Å². The molecular formula is C26H34N2O5S. The summed E-state index contributed by atoms with van der Waals surface area (Å²) >= 11 is 0. The zero-order valence-corrected chi connectivity index (χ0v) is 20.8. The summed E-state index contributed by atoms with van der Waals surface area (Å²) in [5.41, 5.74) is 5.07. The van der Waals surface area contributed by atoms with Crippen LogP contribution in [0.4, 0.5) is 5.69 Å². The van der Waals surface area contributed by atoms with Crippen molar-refractivity contribution in [1.82, 2.24) is 4.90 Å². The Hall–Kier alpha value is -2.42. The number of ether oxygens (including phenoxy) is 1. The molecule has 34 heavy (non-hydrogen) atoms. The number of carboxylic acid groups (broad SMARTS) is 1. The first kappa shape index (κ1) is 24.7. The Bertz CT molecular complexity index is 1110. The van der Waals surface area contributed by atoms with Crippen LogP contribution in [0.2, 0.25) is 0 Å². The number of benzene rings is 2. The Morgan fingerprint density at radius 2 is 1.74 bits per heavy atom. The largest absolute Gasteiger partial charge is 0.478 e. The van der Waals surface area contributed by atoms with Gasteiger partial charge in [-0.15, -0.1) is 0 Å². The lowest BCUT2D eigenvalue weighted by molar-refractivity contribution is 0.0695. The van der Waals surface area contributed by atoms with Gasteiger partial charge in [-0.1, -0.05) is 24.3 Å². The van der Waals surface area contributed by atoms with Gasteiger partial charge in [0.05, 0.1) is 17.1 Å². The first-order valence-corrected chi connectivity index (χ1v) is 13.8. The van der Waals surface area contributed by atoms with E-state index in [-0.39, 0.29) is 11.5 Å². The fraction of sp³-hybridized carbons (Fsp3) is 0.500. The number of hydrogen-bond donors (Lipinski definition) is 1. The third kappa shape index (κ3) is 5.62. The predicted octanol–water partition coefficient (Wildman–Crippen LogP) is 3.60. The van der Waals surface area contributed by atoms with Crippen molar-refractivity contribution < 1.29 is 23.1 Å². The minimum absolute atomic E-state index is 0.218. The molecule has 0 unspecified atom stereocenters. The van der Waals surface area contributed by atoms with E-state index < -0.39 is 15.8 Å². The van der Waals surface area contributed by atoms with Crippen LogP contribution in [0.3, 0.4) is 0 Å². The molecule has 0 saturated carbocycles. The van der Waals surface area contributed by atoms with Gasteiger partial charge < -0.3 is 14.7 Å². The lowest BCUT2D eigenvalue weighted by Crippen LogP contribution is -2.40. The summed E-state index contributed by atoms with van der Waals surface area (Å²) in [5, 5.41) is 9.90. The van der Waals surface area contributed by atoms with Gasteiger partial charge in [0.2, 0.25) is 0 Å². The smallest absolute Gasteiger partial charge is 0.336 e. The maximum Gasteiger partial charge on any atom is 0.336 e. The number of sulfone groups is 1. The zero-order chi connectivity index (χ0) is 24.3. The highest BCUT2D eigenvalue weighted by molar-refractivity contribution is 7.91. The minimum Gasteiger partial charge on any atom is -0.478 e. The molecule has 2 heterocycles. The second-order valence-electron chi connectivity index (χ2n) is 9.23. The molecule has 0 spiro atoms. The molecule has 2 aliphatic rings. The molecule has 4 rings (SSSR count). The topological polar surface area (TPSA) is 87.2 Å². The maximum atomic E-state index is 12.1. The average molecular weight is 487 g/mol. The number of carboxylic acids is 1. The van der Waals surface area contributed by atoms with Gasteiger partial charge in [-0.25, -0.2) is 13.2 Å². The highest BCUT2D eigenvalue weighted by Gasteiger charge is 2.25. The second kappa shape index (κ2) is 10.5. The number of aromatic carboxylic acids is 1. The van der Waals surface area contributed by atoms with E-state index in [0.29, 0.717) is 31.2 Å². The van der Waals surface area contributed by atoms with E-state index in [0.717, 1.165) is 60.5 Å². The first-order valence-electron chi connectivity index (χ1n) is 12.0. The molecule has 0 radical (unpaired) electrons. The zero-order valence-electron chi connectivity index (χ0n) is 20.0. The lowest BCUT2D eigenvalue weighted by Gasteiger charge is -2.36. The standard InChI is InChI=1S/C26H34N2O5S/c1-3-28(23-8-12-33-13-9-23)25-17-22(16-24(19(25)2)26(29)30)21-6-4-20(5-7-21)18-27-10-14-34(31,32)15-11-27/h4-7,16-17,23H,3,8-15,18H2,1-2H3,(H,29,30). The van der Waals surface area contributed by atoms with Gasteiger partial charge in [0.15, 0.2) is 9.84 Å². The minimum atomic E-state index is -2.89. The summed E-state index contributed by atoms with van der Waals surface area (Å²) in [7, 11) is -2.89. The third-order valence-corrected chi connectivity index (χ3v) is 8.63. The van der Waals surface area contributed by atoms with Crippen LogP contribution in [-0.2, 0) is 21.1 Å². The van der Waals surface area contributed by atoms with Crippen LogP contribution >= 0.6 is 0 Å². The fourth-order valence-corrected chi connectivity index (χ4v) is 6.25. The Kier molecular flexibility index (Phi) is 7.60. The van der Waals surface area contributed by atoms with Gasteiger partial charge >= 0.3 is 5.97 Å². The SMILES string of the molecule is CCN(c1cc(-c2ccc(CN3CCS(=O)(=O)CC3)cc2)cc(C(=O)O)c1C)C1CCOCC1. The van der Waals surface area contributed by atoms with E-state index in [4.69, 9.17) is 4.74 Å². The summed E-state index contributed by atoms with van der Waals surface area (Å²) in [6.45, 7) is 8.11. The first-order chi connectivity index (χ1) is 16.3. The summed E-state index contributed by atoms with van der Waals surface area (Å²) in [6, 6.07) is 12.4. The Morgan fingerprint density at radius 1 is 1.09 bits per heavy atom. The van der Waals surface area contributed by atoms with Gasteiger partial charge in [-0.05, 0) is 61.1 Å². The van der Waals surface area contributed by atoms with Crippen LogP contribution in [-0.4, -0.2) is 74.8 Å².